The molecule has 10 heteroatoms. The molecule has 1 aromatic carbocycles. The molecule has 2 aliphatic rings. The van der Waals surface area contributed by atoms with E-state index in [1.165, 1.54) is 13.3 Å². The Bertz CT molecular complexity index is 1110. The van der Waals surface area contributed by atoms with Crippen LogP contribution in [0, 0.1) is 5.41 Å². The lowest BCUT2D eigenvalue weighted by Gasteiger charge is -2.44. The van der Waals surface area contributed by atoms with Gasteiger partial charge in [-0.15, -0.1) is 0 Å². The van der Waals surface area contributed by atoms with E-state index in [1.54, 1.807) is 6.20 Å². The molecule has 34 heavy (non-hydrogen) atoms. The van der Waals surface area contributed by atoms with Gasteiger partial charge in [-0.25, -0.2) is 19.6 Å². The van der Waals surface area contributed by atoms with Gasteiger partial charge in [0.2, 0.25) is 0 Å². The second kappa shape index (κ2) is 9.05. The number of methoxy groups -OCH3 is 1. The normalized spacial score (nSPS) is 19.0. The molecule has 1 fully saturated rings. The zero-order valence-corrected chi connectivity index (χ0v) is 21.4. The second-order valence-electron chi connectivity index (χ2n) is 9.90. The van der Waals surface area contributed by atoms with Crippen molar-refractivity contribution in [3.8, 4) is 0 Å². The Morgan fingerprint density at radius 1 is 1.21 bits per heavy atom. The maximum Gasteiger partial charge on any atom is 0.408 e. The summed E-state index contributed by atoms with van der Waals surface area (Å²) < 4.78 is 11.3. The SMILES string of the molecule is COC(=O)c1nccnc1N1CCC2(CC1)Cc1cc(N)c(Br)cc1[C@H]2NC(=O)OC(C)(C)C. The van der Waals surface area contributed by atoms with Gasteiger partial charge < -0.3 is 25.4 Å². The minimum Gasteiger partial charge on any atom is -0.464 e. The summed E-state index contributed by atoms with van der Waals surface area (Å²) in [5.74, 6) is 0.00445. The highest BCUT2D eigenvalue weighted by atomic mass is 79.9. The van der Waals surface area contributed by atoms with Crippen LogP contribution in [0.25, 0.3) is 0 Å². The predicted octanol–water partition coefficient (Wildman–Crippen LogP) is 4.02. The molecule has 182 valence electrons. The van der Waals surface area contributed by atoms with E-state index in [0.717, 1.165) is 34.9 Å². The second-order valence-corrected chi connectivity index (χ2v) is 10.8. The molecule has 1 spiro atoms. The van der Waals surface area contributed by atoms with Crippen LogP contribution in [0.3, 0.4) is 0 Å². The van der Waals surface area contributed by atoms with Crippen molar-refractivity contribution in [1.29, 1.82) is 0 Å². The number of amides is 1. The fourth-order valence-corrected chi connectivity index (χ4v) is 5.33. The van der Waals surface area contributed by atoms with E-state index in [1.807, 2.05) is 32.9 Å². The highest BCUT2D eigenvalue weighted by Gasteiger charge is 2.49. The van der Waals surface area contributed by atoms with E-state index in [0.29, 0.717) is 24.6 Å². The Balaban J connectivity index is 1.61. The molecule has 1 atom stereocenters. The first-order valence-corrected chi connectivity index (χ1v) is 12.0. The van der Waals surface area contributed by atoms with Crippen LogP contribution >= 0.6 is 15.9 Å². The van der Waals surface area contributed by atoms with Crippen molar-refractivity contribution >= 4 is 39.5 Å². The van der Waals surface area contributed by atoms with E-state index in [4.69, 9.17) is 15.2 Å². The molecule has 1 aromatic heterocycles. The lowest BCUT2D eigenvalue weighted by molar-refractivity contribution is 0.0426. The number of ether oxygens (including phenoxy) is 2. The van der Waals surface area contributed by atoms with Gasteiger partial charge in [-0.3, -0.25) is 0 Å². The molecule has 2 aromatic rings. The number of nitrogen functional groups attached to an aromatic ring is 1. The average molecular weight is 532 g/mol. The monoisotopic (exact) mass is 531 g/mol. The van der Waals surface area contributed by atoms with Gasteiger partial charge in [0.25, 0.3) is 0 Å². The highest BCUT2D eigenvalue weighted by Crippen LogP contribution is 2.53. The third kappa shape index (κ3) is 4.68. The van der Waals surface area contributed by atoms with E-state index >= 15 is 0 Å². The number of nitrogens with two attached hydrogens (primary N) is 1. The molecule has 9 nitrogen and oxygen atoms in total. The summed E-state index contributed by atoms with van der Waals surface area (Å²) in [6.07, 6.45) is 4.95. The van der Waals surface area contributed by atoms with Crippen molar-refractivity contribution in [2.75, 3.05) is 30.8 Å². The Kier molecular flexibility index (Phi) is 6.46. The van der Waals surface area contributed by atoms with Crippen LogP contribution in [0.2, 0.25) is 0 Å². The van der Waals surface area contributed by atoms with Gasteiger partial charge in [-0.2, -0.15) is 0 Å². The van der Waals surface area contributed by atoms with E-state index in [2.05, 4.69) is 36.1 Å². The molecular formula is C24H30BrN5O4. The Morgan fingerprint density at radius 2 is 1.88 bits per heavy atom. The van der Waals surface area contributed by atoms with Crippen LogP contribution in [0.15, 0.2) is 29.0 Å². The summed E-state index contributed by atoms with van der Waals surface area (Å²) in [6.45, 7) is 6.85. The molecular weight excluding hydrogens is 502 g/mol. The van der Waals surface area contributed by atoms with E-state index < -0.39 is 17.7 Å². The summed E-state index contributed by atoms with van der Waals surface area (Å²) in [5, 5.41) is 3.15. The average Bonchev–Trinajstić information content (AvgIpc) is 3.04. The van der Waals surface area contributed by atoms with Gasteiger partial charge in [0, 0.05) is 41.1 Å². The number of hydrogen-bond donors (Lipinski definition) is 2. The maximum atomic E-state index is 12.8. The summed E-state index contributed by atoms with van der Waals surface area (Å²) >= 11 is 3.54. The molecule has 0 saturated carbocycles. The molecule has 1 saturated heterocycles. The molecule has 0 bridgehead atoms. The molecule has 1 aliphatic carbocycles. The smallest absolute Gasteiger partial charge is 0.408 e. The minimum atomic E-state index is -0.597. The van der Waals surface area contributed by atoms with Gasteiger partial charge in [0.15, 0.2) is 11.5 Å². The number of halogens is 1. The number of fused-ring (bicyclic) bond motifs is 1. The zero-order valence-electron chi connectivity index (χ0n) is 19.9. The topological polar surface area (TPSA) is 120 Å². The number of alkyl carbamates (subject to hydrolysis) is 1. The summed E-state index contributed by atoms with van der Waals surface area (Å²) in [4.78, 5) is 35.6. The summed E-state index contributed by atoms with van der Waals surface area (Å²) in [5.41, 5.74) is 8.42. The molecule has 0 unspecified atom stereocenters. The van der Waals surface area contributed by atoms with Crippen molar-refractivity contribution in [3.63, 3.8) is 0 Å². The predicted molar refractivity (Wildman–Crippen MR) is 132 cm³/mol. The van der Waals surface area contributed by atoms with Crippen LogP contribution in [-0.2, 0) is 15.9 Å². The highest BCUT2D eigenvalue weighted by molar-refractivity contribution is 9.10. The Labute approximate surface area is 207 Å². The molecule has 3 N–H and O–H groups in total. The van der Waals surface area contributed by atoms with Gasteiger partial charge in [-0.1, -0.05) is 0 Å². The van der Waals surface area contributed by atoms with Crippen molar-refractivity contribution in [3.05, 3.63) is 45.8 Å². The van der Waals surface area contributed by atoms with Crippen molar-refractivity contribution in [2.45, 2.75) is 51.7 Å². The van der Waals surface area contributed by atoms with Crippen LogP contribution < -0.4 is 16.0 Å². The van der Waals surface area contributed by atoms with Crippen molar-refractivity contribution in [1.82, 2.24) is 15.3 Å². The summed E-state index contributed by atoms with van der Waals surface area (Å²) in [6, 6.07) is 3.77. The number of carbonyl (C=O) groups excluding carboxylic acids is 2. The maximum absolute atomic E-state index is 12.8. The lowest BCUT2D eigenvalue weighted by atomic mass is 9.72. The fraction of sp³-hybridized carbons (Fsp3) is 0.500. The Hall–Kier alpha value is -2.88. The van der Waals surface area contributed by atoms with E-state index in [9.17, 15) is 9.59 Å². The number of aromatic nitrogens is 2. The summed E-state index contributed by atoms with van der Waals surface area (Å²) in [7, 11) is 1.33. The zero-order chi connectivity index (χ0) is 24.7. The van der Waals surface area contributed by atoms with Crippen molar-refractivity contribution < 1.29 is 19.1 Å². The number of carbonyl (C=O) groups is 2. The van der Waals surface area contributed by atoms with Gasteiger partial charge in [0.1, 0.15) is 5.60 Å². The molecule has 0 radical (unpaired) electrons. The number of rotatable bonds is 3. The van der Waals surface area contributed by atoms with Crippen LogP contribution in [0.4, 0.5) is 16.3 Å². The van der Waals surface area contributed by atoms with Crippen LogP contribution in [0.5, 0.6) is 0 Å². The van der Waals surface area contributed by atoms with E-state index in [-0.39, 0.29) is 17.2 Å². The standard InChI is InChI=1S/C24H30BrN5O4/c1-23(2,3)34-22(32)29-19-15-12-16(25)17(26)11-14(15)13-24(19)5-9-30(10-6-24)20-18(21(31)33-4)27-7-8-28-20/h7-8,11-12,19H,5-6,9-10,13,26H2,1-4H3,(H,29,32)/t19-/m1/s1. The minimum absolute atomic E-state index is 0.204. The largest absolute Gasteiger partial charge is 0.464 e. The number of piperidine rings is 1. The molecule has 1 amide bonds. The van der Waals surface area contributed by atoms with Gasteiger partial charge >= 0.3 is 12.1 Å². The number of hydrogen-bond acceptors (Lipinski definition) is 8. The first-order valence-electron chi connectivity index (χ1n) is 11.2. The number of nitrogens with zero attached hydrogens (tertiary/aromatic N) is 3. The Morgan fingerprint density at radius 3 is 2.53 bits per heavy atom. The number of esters is 1. The first kappa shape index (κ1) is 24.3. The first-order chi connectivity index (χ1) is 16.0. The fourth-order valence-electron chi connectivity index (χ4n) is 4.97. The van der Waals surface area contributed by atoms with Gasteiger partial charge in [0.05, 0.1) is 13.2 Å². The van der Waals surface area contributed by atoms with Crippen LogP contribution in [-0.4, -0.2) is 47.8 Å². The van der Waals surface area contributed by atoms with Gasteiger partial charge in [-0.05, 0) is 79.2 Å². The molecule has 1 aliphatic heterocycles. The number of anilines is 2. The quantitative estimate of drug-likeness (QED) is 0.450. The van der Waals surface area contributed by atoms with Crippen molar-refractivity contribution in [2.24, 2.45) is 5.41 Å². The molecule has 4 rings (SSSR count). The van der Waals surface area contributed by atoms with Crippen LogP contribution in [0.1, 0.15) is 61.3 Å². The lowest BCUT2D eigenvalue weighted by Crippen LogP contribution is -2.48. The number of benzene rings is 1. The molecule has 2 heterocycles. The third-order valence-corrected chi connectivity index (χ3v) is 7.19. The number of nitrogens with one attached hydrogen (secondary N) is 1. The third-order valence-electron chi connectivity index (χ3n) is 6.50.